The molecule has 1 heterocycles. The van der Waals surface area contributed by atoms with Crippen molar-refractivity contribution in [3.8, 4) is 0 Å². The van der Waals surface area contributed by atoms with Gasteiger partial charge in [0.05, 0.1) is 18.4 Å². The van der Waals surface area contributed by atoms with E-state index in [4.69, 9.17) is 21.1 Å². The van der Waals surface area contributed by atoms with Crippen LogP contribution in [0.3, 0.4) is 0 Å². The summed E-state index contributed by atoms with van der Waals surface area (Å²) in [7, 11) is 1.49. The van der Waals surface area contributed by atoms with Gasteiger partial charge >= 0.3 is 6.03 Å². The van der Waals surface area contributed by atoms with Crippen molar-refractivity contribution in [2.45, 2.75) is 31.0 Å². The fourth-order valence-electron chi connectivity index (χ4n) is 2.18. The summed E-state index contributed by atoms with van der Waals surface area (Å²) in [6, 6.07) is -0.815. The second-order valence-electron chi connectivity index (χ2n) is 4.99. The van der Waals surface area contributed by atoms with Crippen LogP contribution in [0.25, 0.3) is 0 Å². The van der Waals surface area contributed by atoms with Gasteiger partial charge in [0.15, 0.2) is 6.23 Å². The smallest absolute Gasteiger partial charge is 0.345 e. The number of rotatable bonds is 8. The van der Waals surface area contributed by atoms with Crippen LogP contribution in [0, 0.1) is 4.91 Å². The number of carbonyl (C=O) groups excluding carboxylic acids is 1. The minimum Gasteiger partial charge on any atom is -0.388 e. The van der Waals surface area contributed by atoms with Crippen LogP contribution in [0.2, 0.25) is 0 Å². The number of alkyl halides is 1. The molecule has 0 bridgehead atoms. The first-order valence-corrected chi connectivity index (χ1v) is 7.63. The molecule has 1 fully saturated rings. The topological polar surface area (TPSA) is 132 Å². The number of hydrogen-bond acceptors (Lipinski definition) is 8. The summed E-state index contributed by atoms with van der Waals surface area (Å²) < 4.78 is 10.2. The molecule has 0 aromatic heterocycles. The van der Waals surface area contributed by atoms with E-state index in [1.165, 1.54) is 7.11 Å². The molecule has 1 aliphatic rings. The van der Waals surface area contributed by atoms with E-state index >= 15 is 0 Å². The number of halogens is 1. The molecule has 11 heteroatoms. The number of ether oxygens (including phenoxy) is 2. The number of nitrogens with zero attached hydrogens (tertiary/aromatic N) is 3. The Morgan fingerprint density at radius 2 is 2.04 bits per heavy atom. The molecule has 0 aliphatic carbocycles. The number of amides is 2. The van der Waals surface area contributed by atoms with Gasteiger partial charge in [-0.05, 0) is 6.42 Å². The maximum absolute atomic E-state index is 12.4. The van der Waals surface area contributed by atoms with Gasteiger partial charge in [-0.1, -0.05) is 0 Å². The van der Waals surface area contributed by atoms with Gasteiger partial charge in [0.2, 0.25) is 0 Å². The molecule has 1 rings (SSSR count). The number of methoxy groups -OCH3 is 1. The third kappa shape index (κ3) is 5.23. The van der Waals surface area contributed by atoms with Crippen LogP contribution in [0.5, 0.6) is 0 Å². The van der Waals surface area contributed by atoms with Gasteiger partial charge in [-0.2, -0.15) is 5.01 Å². The summed E-state index contributed by atoms with van der Waals surface area (Å²) in [6.07, 6.45) is -5.09. The highest BCUT2D eigenvalue weighted by atomic mass is 35.5. The molecular formula is C12H22ClN3O7. The SMILES string of the molecule is COCCCN(C(=O)N(CCCl)N=O)C1OC[C@H](O)[C@H](O)[C@H]1O. The number of aliphatic hydroxyl groups excluding tert-OH is 3. The molecular weight excluding hydrogens is 334 g/mol. The van der Waals surface area contributed by atoms with Crippen molar-refractivity contribution in [2.75, 3.05) is 39.3 Å². The van der Waals surface area contributed by atoms with E-state index in [9.17, 15) is 25.0 Å². The van der Waals surface area contributed by atoms with Gasteiger partial charge in [-0.3, -0.25) is 4.90 Å². The largest absolute Gasteiger partial charge is 0.388 e. The standard InChI is InChI=1S/C12H22ClN3O7/c1-22-6-2-4-15(12(20)16(14-21)5-3-13)11-10(19)9(18)8(17)7-23-11/h8-11,17-19H,2-7H2,1H3/t8-,9-,10+,11?/m0/s1. The lowest BCUT2D eigenvalue weighted by Crippen LogP contribution is -2.61. The molecule has 134 valence electrons. The second kappa shape index (κ2) is 9.96. The van der Waals surface area contributed by atoms with E-state index in [2.05, 4.69) is 5.29 Å². The van der Waals surface area contributed by atoms with Crippen molar-refractivity contribution >= 4 is 17.6 Å². The Balaban J connectivity index is 2.90. The minimum absolute atomic E-state index is 0.00118. The van der Waals surface area contributed by atoms with E-state index in [1.54, 1.807) is 0 Å². The number of carbonyl (C=O) groups is 1. The van der Waals surface area contributed by atoms with Gasteiger partial charge in [0.1, 0.15) is 18.3 Å². The Morgan fingerprint density at radius 3 is 2.61 bits per heavy atom. The molecule has 2 amide bonds. The lowest BCUT2D eigenvalue weighted by molar-refractivity contribution is -0.220. The van der Waals surface area contributed by atoms with E-state index in [1.807, 2.05) is 0 Å². The zero-order valence-corrected chi connectivity index (χ0v) is 13.5. The molecule has 0 saturated carbocycles. The Kier molecular flexibility index (Phi) is 8.66. The normalized spacial score (nSPS) is 27.5. The summed E-state index contributed by atoms with van der Waals surface area (Å²) in [5.74, 6) is -0.00118. The number of nitroso groups, excluding NO2 is 1. The first kappa shape index (κ1) is 20.0. The van der Waals surface area contributed by atoms with Crippen molar-refractivity contribution in [3.05, 3.63) is 4.91 Å². The van der Waals surface area contributed by atoms with Crippen molar-refractivity contribution < 1.29 is 29.6 Å². The number of urea groups is 1. The van der Waals surface area contributed by atoms with Gasteiger partial charge in [-0.25, -0.2) is 4.79 Å². The summed E-state index contributed by atoms with van der Waals surface area (Å²) in [5, 5.41) is 32.5. The first-order chi connectivity index (χ1) is 11.0. The Hall–Kier alpha value is -1.04. The summed E-state index contributed by atoms with van der Waals surface area (Å²) >= 11 is 5.52. The minimum atomic E-state index is -1.53. The average molecular weight is 356 g/mol. The third-order valence-electron chi connectivity index (χ3n) is 3.39. The Labute approximate surface area is 138 Å². The van der Waals surface area contributed by atoms with Gasteiger partial charge in [0.25, 0.3) is 0 Å². The van der Waals surface area contributed by atoms with E-state index in [0.29, 0.717) is 18.0 Å². The van der Waals surface area contributed by atoms with Gasteiger partial charge in [0, 0.05) is 26.1 Å². The van der Waals surface area contributed by atoms with Crippen molar-refractivity contribution in [2.24, 2.45) is 5.29 Å². The summed E-state index contributed by atoms with van der Waals surface area (Å²) in [4.78, 5) is 24.3. The van der Waals surface area contributed by atoms with Crippen LogP contribution in [-0.2, 0) is 9.47 Å². The van der Waals surface area contributed by atoms with Crippen molar-refractivity contribution in [1.82, 2.24) is 9.91 Å². The first-order valence-electron chi connectivity index (χ1n) is 7.10. The summed E-state index contributed by atoms with van der Waals surface area (Å²) in [5.41, 5.74) is 0. The molecule has 1 unspecified atom stereocenters. The highest BCUT2D eigenvalue weighted by molar-refractivity contribution is 6.18. The van der Waals surface area contributed by atoms with E-state index < -0.39 is 30.6 Å². The number of aliphatic hydroxyl groups is 3. The lowest BCUT2D eigenvalue weighted by atomic mass is 10.0. The highest BCUT2D eigenvalue weighted by Crippen LogP contribution is 2.21. The van der Waals surface area contributed by atoms with Crippen LogP contribution in [0.15, 0.2) is 5.29 Å². The van der Waals surface area contributed by atoms with Crippen LogP contribution < -0.4 is 0 Å². The Bertz CT molecular complexity index is 390. The predicted octanol–water partition coefficient (Wildman–Crippen LogP) is -0.894. The highest BCUT2D eigenvalue weighted by Gasteiger charge is 2.43. The summed E-state index contributed by atoms with van der Waals surface area (Å²) in [6.45, 7) is 0.0486. The molecule has 0 aromatic rings. The molecule has 3 N–H and O–H groups in total. The molecule has 1 aliphatic heterocycles. The maximum Gasteiger partial charge on any atom is 0.345 e. The fourth-order valence-corrected chi connectivity index (χ4v) is 2.34. The lowest BCUT2D eigenvalue weighted by Gasteiger charge is -2.41. The number of hydrogen-bond donors (Lipinski definition) is 3. The maximum atomic E-state index is 12.4. The van der Waals surface area contributed by atoms with Gasteiger partial charge < -0.3 is 24.8 Å². The van der Waals surface area contributed by atoms with Crippen LogP contribution in [0.1, 0.15) is 6.42 Å². The molecule has 0 aromatic carbocycles. The van der Waals surface area contributed by atoms with Crippen molar-refractivity contribution in [1.29, 1.82) is 0 Å². The second-order valence-corrected chi connectivity index (χ2v) is 5.37. The average Bonchev–Trinajstić information content (AvgIpc) is 2.55. The molecule has 0 radical (unpaired) electrons. The monoisotopic (exact) mass is 355 g/mol. The van der Waals surface area contributed by atoms with Crippen molar-refractivity contribution in [3.63, 3.8) is 0 Å². The molecule has 0 spiro atoms. The van der Waals surface area contributed by atoms with Crippen LogP contribution >= 0.6 is 11.6 Å². The third-order valence-corrected chi connectivity index (χ3v) is 3.56. The van der Waals surface area contributed by atoms with Crippen LogP contribution in [-0.4, -0.2) is 95.1 Å². The molecule has 10 nitrogen and oxygen atoms in total. The van der Waals surface area contributed by atoms with E-state index in [0.717, 1.165) is 4.90 Å². The zero-order valence-electron chi connectivity index (χ0n) is 12.7. The zero-order chi connectivity index (χ0) is 17.4. The quantitative estimate of drug-likeness (QED) is 0.222. The van der Waals surface area contributed by atoms with E-state index in [-0.39, 0.29) is 25.6 Å². The predicted molar refractivity (Wildman–Crippen MR) is 79.6 cm³/mol. The molecule has 1 saturated heterocycles. The van der Waals surface area contributed by atoms with Gasteiger partial charge in [-0.15, -0.1) is 16.5 Å². The molecule has 23 heavy (non-hydrogen) atoms. The molecule has 4 atom stereocenters. The Morgan fingerprint density at radius 1 is 1.35 bits per heavy atom. The van der Waals surface area contributed by atoms with Crippen LogP contribution in [0.4, 0.5) is 4.79 Å². The fraction of sp³-hybridized carbons (Fsp3) is 0.917.